The van der Waals surface area contributed by atoms with Gasteiger partial charge in [-0.3, -0.25) is 9.59 Å². The van der Waals surface area contributed by atoms with Crippen molar-refractivity contribution < 1.29 is 14.7 Å². The second-order valence-electron chi connectivity index (χ2n) is 5.79. The Kier molecular flexibility index (Phi) is 4.83. The monoisotopic (exact) mass is 290 g/mol. The highest BCUT2D eigenvalue weighted by atomic mass is 16.4. The zero-order chi connectivity index (χ0) is 15.4. The maximum absolute atomic E-state index is 12.3. The molecule has 1 aliphatic carbocycles. The minimum Gasteiger partial charge on any atom is -0.481 e. The Hall–Kier alpha value is -2.04. The van der Waals surface area contributed by atoms with Crippen LogP contribution in [0.15, 0.2) is 24.3 Å². The summed E-state index contributed by atoms with van der Waals surface area (Å²) in [4.78, 5) is 25.2. The van der Waals surface area contributed by atoms with Gasteiger partial charge in [-0.25, -0.2) is 0 Å². The maximum atomic E-state index is 12.3. The summed E-state index contributed by atoms with van der Waals surface area (Å²) in [7, 11) is 3.87. The van der Waals surface area contributed by atoms with Gasteiger partial charge in [0.25, 0.3) is 0 Å². The summed E-state index contributed by atoms with van der Waals surface area (Å²) in [5.74, 6) is -1.13. The van der Waals surface area contributed by atoms with E-state index in [1.807, 2.05) is 43.3 Å². The minimum atomic E-state index is -0.744. The molecule has 0 aliphatic heterocycles. The number of benzene rings is 1. The van der Waals surface area contributed by atoms with Crippen LogP contribution in [0.5, 0.6) is 0 Å². The largest absolute Gasteiger partial charge is 0.481 e. The molecule has 0 heterocycles. The molecule has 1 aromatic rings. The van der Waals surface area contributed by atoms with Crippen LogP contribution in [0.4, 0.5) is 11.4 Å². The molecule has 0 spiro atoms. The van der Waals surface area contributed by atoms with Crippen LogP contribution in [-0.4, -0.2) is 31.1 Å². The lowest BCUT2D eigenvalue weighted by Crippen LogP contribution is -2.30. The molecule has 2 N–H and O–H groups in total. The molecule has 0 unspecified atom stereocenters. The highest BCUT2D eigenvalue weighted by molar-refractivity contribution is 5.95. The van der Waals surface area contributed by atoms with Gasteiger partial charge in [0, 0.05) is 20.0 Å². The van der Waals surface area contributed by atoms with E-state index in [9.17, 15) is 9.59 Å². The lowest BCUT2D eigenvalue weighted by Gasteiger charge is -2.26. The number of nitrogens with one attached hydrogen (secondary N) is 1. The molecule has 0 atom stereocenters. The number of anilines is 2. The Morgan fingerprint density at radius 3 is 2.24 bits per heavy atom. The Balaban J connectivity index is 1.98. The number of amides is 1. The number of rotatable bonds is 4. The van der Waals surface area contributed by atoms with Gasteiger partial charge in [0.05, 0.1) is 17.3 Å². The van der Waals surface area contributed by atoms with Crippen molar-refractivity contribution in [2.75, 3.05) is 24.3 Å². The van der Waals surface area contributed by atoms with Crippen LogP contribution in [-0.2, 0) is 9.59 Å². The van der Waals surface area contributed by atoms with Gasteiger partial charge in [-0.15, -0.1) is 0 Å². The summed E-state index contributed by atoms with van der Waals surface area (Å²) >= 11 is 0. The molecule has 0 bridgehead atoms. The number of carboxylic acids is 1. The normalized spacial score (nSPS) is 21.6. The first-order chi connectivity index (χ1) is 9.99. The Labute approximate surface area is 125 Å². The number of carbonyl (C=O) groups is 2. The first kappa shape index (κ1) is 15.4. The van der Waals surface area contributed by atoms with E-state index in [2.05, 4.69) is 5.32 Å². The number of hydrogen-bond acceptors (Lipinski definition) is 3. The molecule has 0 radical (unpaired) electrons. The van der Waals surface area contributed by atoms with Crippen molar-refractivity contribution in [3.05, 3.63) is 24.3 Å². The fourth-order valence-corrected chi connectivity index (χ4v) is 2.81. The lowest BCUT2D eigenvalue weighted by molar-refractivity contribution is -0.143. The van der Waals surface area contributed by atoms with E-state index in [0.29, 0.717) is 25.7 Å². The number of carbonyl (C=O) groups excluding carboxylic acids is 1. The number of nitrogens with zero attached hydrogens (tertiary/aromatic N) is 1. The molecular formula is C16H22N2O3. The third-order valence-electron chi connectivity index (χ3n) is 4.09. The van der Waals surface area contributed by atoms with Gasteiger partial charge in [0.1, 0.15) is 0 Å². The number of para-hydroxylation sites is 2. The van der Waals surface area contributed by atoms with Crippen LogP contribution in [0, 0.1) is 11.8 Å². The van der Waals surface area contributed by atoms with E-state index < -0.39 is 5.97 Å². The second-order valence-corrected chi connectivity index (χ2v) is 5.79. The molecule has 1 amide bonds. The van der Waals surface area contributed by atoms with E-state index in [4.69, 9.17) is 5.11 Å². The van der Waals surface area contributed by atoms with E-state index >= 15 is 0 Å². The zero-order valence-corrected chi connectivity index (χ0v) is 12.5. The summed E-state index contributed by atoms with van der Waals surface area (Å²) in [6.45, 7) is 0. The van der Waals surface area contributed by atoms with Gasteiger partial charge in [-0.1, -0.05) is 12.1 Å². The fraction of sp³-hybridized carbons (Fsp3) is 0.500. The summed E-state index contributed by atoms with van der Waals surface area (Å²) < 4.78 is 0. The second kappa shape index (κ2) is 6.61. The number of hydrogen-bond donors (Lipinski definition) is 2. The first-order valence-corrected chi connectivity index (χ1v) is 7.29. The molecule has 1 fully saturated rings. The highest BCUT2D eigenvalue weighted by Crippen LogP contribution is 2.31. The smallest absolute Gasteiger partial charge is 0.306 e. The third kappa shape index (κ3) is 3.74. The van der Waals surface area contributed by atoms with Crippen LogP contribution in [0.3, 0.4) is 0 Å². The quantitative estimate of drug-likeness (QED) is 0.894. The Morgan fingerprint density at radius 1 is 1.10 bits per heavy atom. The van der Waals surface area contributed by atoms with Crippen molar-refractivity contribution >= 4 is 23.3 Å². The average molecular weight is 290 g/mol. The van der Waals surface area contributed by atoms with Crippen molar-refractivity contribution in [2.45, 2.75) is 25.7 Å². The van der Waals surface area contributed by atoms with Gasteiger partial charge in [-0.2, -0.15) is 0 Å². The SMILES string of the molecule is CN(C)c1ccccc1NC(=O)C1CCC(C(=O)O)CC1. The lowest BCUT2D eigenvalue weighted by atomic mass is 9.81. The fourth-order valence-electron chi connectivity index (χ4n) is 2.81. The van der Waals surface area contributed by atoms with Crippen LogP contribution < -0.4 is 10.2 Å². The van der Waals surface area contributed by atoms with Crippen LogP contribution >= 0.6 is 0 Å². The van der Waals surface area contributed by atoms with Crippen molar-refractivity contribution in [2.24, 2.45) is 11.8 Å². The van der Waals surface area contributed by atoms with E-state index in [1.54, 1.807) is 0 Å². The predicted molar refractivity (Wildman–Crippen MR) is 82.5 cm³/mol. The van der Waals surface area contributed by atoms with Crippen molar-refractivity contribution in [3.8, 4) is 0 Å². The summed E-state index contributed by atoms with van der Waals surface area (Å²) in [5.41, 5.74) is 1.76. The average Bonchev–Trinajstić information content (AvgIpc) is 2.47. The van der Waals surface area contributed by atoms with Crippen LogP contribution in [0.1, 0.15) is 25.7 Å². The molecule has 2 rings (SSSR count). The summed E-state index contributed by atoms with van der Waals surface area (Å²) in [5, 5.41) is 12.0. The van der Waals surface area contributed by atoms with Crippen molar-refractivity contribution in [1.29, 1.82) is 0 Å². The van der Waals surface area contributed by atoms with Crippen molar-refractivity contribution in [3.63, 3.8) is 0 Å². The molecule has 0 saturated heterocycles. The number of carboxylic acid groups (broad SMARTS) is 1. The van der Waals surface area contributed by atoms with E-state index in [0.717, 1.165) is 11.4 Å². The topological polar surface area (TPSA) is 69.6 Å². The first-order valence-electron chi connectivity index (χ1n) is 7.29. The zero-order valence-electron chi connectivity index (χ0n) is 12.5. The maximum Gasteiger partial charge on any atom is 0.306 e. The highest BCUT2D eigenvalue weighted by Gasteiger charge is 2.29. The minimum absolute atomic E-state index is 0.00635. The molecule has 1 saturated carbocycles. The standard InChI is InChI=1S/C16H22N2O3/c1-18(2)14-6-4-3-5-13(14)17-15(19)11-7-9-12(10-8-11)16(20)21/h3-6,11-12H,7-10H2,1-2H3,(H,17,19)(H,20,21). The van der Waals surface area contributed by atoms with Gasteiger partial charge in [0.2, 0.25) is 5.91 Å². The van der Waals surface area contributed by atoms with Gasteiger partial charge in [-0.05, 0) is 37.8 Å². The summed E-state index contributed by atoms with van der Waals surface area (Å²) in [6, 6.07) is 7.67. The molecule has 5 heteroatoms. The van der Waals surface area contributed by atoms with E-state index in [-0.39, 0.29) is 17.7 Å². The molecule has 5 nitrogen and oxygen atoms in total. The Bertz CT molecular complexity index is 520. The molecule has 114 valence electrons. The Morgan fingerprint density at radius 2 is 1.67 bits per heavy atom. The molecular weight excluding hydrogens is 268 g/mol. The molecule has 1 aromatic carbocycles. The number of aliphatic carboxylic acids is 1. The molecule has 21 heavy (non-hydrogen) atoms. The predicted octanol–water partition coefficient (Wildman–Crippen LogP) is 2.58. The van der Waals surface area contributed by atoms with Crippen molar-refractivity contribution in [1.82, 2.24) is 0 Å². The molecule has 1 aliphatic rings. The molecule has 0 aromatic heterocycles. The van der Waals surface area contributed by atoms with Crippen LogP contribution in [0.2, 0.25) is 0 Å². The van der Waals surface area contributed by atoms with Gasteiger partial charge in [0.15, 0.2) is 0 Å². The van der Waals surface area contributed by atoms with Gasteiger partial charge < -0.3 is 15.3 Å². The van der Waals surface area contributed by atoms with Crippen LogP contribution in [0.25, 0.3) is 0 Å². The van der Waals surface area contributed by atoms with Gasteiger partial charge >= 0.3 is 5.97 Å². The third-order valence-corrected chi connectivity index (χ3v) is 4.09. The summed E-state index contributed by atoms with van der Waals surface area (Å²) in [6.07, 6.45) is 2.46. The van der Waals surface area contributed by atoms with E-state index in [1.165, 1.54) is 0 Å².